The van der Waals surface area contributed by atoms with Gasteiger partial charge in [-0.2, -0.15) is 0 Å². The largest absolute Gasteiger partial charge is 0.439 e. The maximum atomic E-state index is 13.1. The van der Waals surface area contributed by atoms with Gasteiger partial charge < -0.3 is 9.73 Å². The van der Waals surface area contributed by atoms with E-state index in [9.17, 15) is 4.39 Å². The Hall–Kier alpha value is -1.68. The molecule has 0 atom stereocenters. The van der Waals surface area contributed by atoms with Crippen LogP contribution in [0.5, 0.6) is 0 Å². The summed E-state index contributed by atoms with van der Waals surface area (Å²) in [6.45, 7) is 8.68. The minimum Gasteiger partial charge on any atom is -0.439 e. The molecule has 3 nitrogen and oxygen atoms in total. The molecule has 0 unspecified atom stereocenters. The number of oxazole rings is 1. The molecule has 4 heteroatoms. The second-order valence-electron chi connectivity index (χ2n) is 5.68. The summed E-state index contributed by atoms with van der Waals surface area (Å²) in [5.41, 5.74) is 1.72. The summed E-state index contributed by atoms with van der Waals surface area (Å²) in [4.78, 5) is 4.24. The number of aromatic nitrogens is 1. The van der Waals surface area contributed by atoms with Gasteiger partial charge in [0.25, 0.3) is 0 Å². The zero-order valence-corrected chi connectivity index (χ0v) is 11.7. The van der Waals surface area contributed by atoms with E-state index in [1.165, 1.54) is 12.1 Å². The predicted molar refractivity (Wildman–Crippen MR) is 73.2 cm³/mol. The van der Waals surface area contributed by atoms with Crippen molar-refractivity contribution in [3.05, 3.63) is 41.7 Å². The molecule has 1 aromatic carbocycles. The highest BCUT2D eigenvalue weighted by molar-refractivity contribution is 5.60. The smallest absolute Gasteiger partial charge is 0.208 e. The van der Waals surface area contributed by atoms with Crippen molar-refractivity contribution in [3.63, 3.8) is 0 Å². The topological polar surface area (TPSA) is 38.1 Å². The summed E-state index contributed by atoms with van der Waals surface area (Å²) in [5, 5.41) is 3.31. The van der Waals surface area contributed by atoms with Gasteiger partial charge in [-0.25, -0.2) is 9.37 Å². The third kappa shape index (κ3) is 3.64. The molecule has 2 aromatic rings. The van der Waals surface area contributed by atoms with E-state index in [4.69, 9.17) is 4.42 Å². The molecule has 0 aliphatic rings. The number of halogens is 1. The highest BCUT2D eigenvalue weighted by Gasteiger charge is 2.13. The minimum atomic E-state index is -0.240. The van der Waals surface area contributed by atoms with Crippen molar-refractivity contribution in [3.8, 4) is 11.3 Å². The SMILES string of the molecule is Cc1cc(F)ccc1-c1cnc(CNC(C)(C)C)o1. The average Bonchev–Trinajstić information content (AvgIpc) is 2.74. The van der Waals surface area contributed by atoms with E-state index in [1.807, 2.05) is 6.92 Å². The van der Waals surface area contributed by atoms with Crippen molar-refractivity contribution in [2.75, 3.05) is 0 Å². The highest BCUT2D eigenvalue weighted by Crippen LogP contribution is 2.24. The van der Waals surface area contributed by atoms with Crippen LogP contribution >= 0.6 is 0 Å². The molecule has 0 spiro atoms. The van der Waals surface area contributed by atoms with Crippen LogP contribution in [-0.4, -0.2) is 10.5 Å². The quantitative estimate of drug-likeness (QED) is 0.917. The molecule has 1 N–H and O–H groups in total. The Morgan fingerprint density at radius 1 is 1.32 bits per heavy atom. The molecular weight excluding hydrogens is 243 g/mol. The van der Waals surface area contributed by atoms with E-state index in [0.29, 0.717) is 18.2 Å². The number of rotatable bonds is 3. The molecule has 0 amide bonds. The van der Waals surface area contributed by atoms with Gasteiger partial charge in [0.1, 0.15) is 5.82 Å². The first-order valence-electron chi connectivity index (χ1n) is 6.31. The summed E-state index contributed by atoms with van der Waals surface area (Å²) in [7, 11) is 0. The summed E-state index contributed by atoms with van der Waals surface area (Å²) < 4.78 is 18.8. The van der Waals surface area contributed by atoms with Gasteiger partial charge >= 0.3 is 0 Å². The van der Waals surface area contributed by atoms with Crippen molar-refractivity contribution in [2.24, 2.45) is 0 Å². The van der Waals surface area contributed by atoms with E-state index in [-0.39, 0.29) is 11.4 Å². The summed E-state index contributed by atoms with van der Waals surface area (Å²) in [6.07, 6.45) is 1.68. The lowest BCUT2D eigenvalue weighted by Crippen LogP contribution is -2.35. The maximum absolute atomic E-state index is 13.1. The molecule has 0 radical (unpaired) electrons. The van der Waals surface area contributed by atoms with Crippen LogP contribution in [0.1, 0.15) is 32.2 Å². The average molecular weight is 262 g/mol. The van der Waals surface area contributed by atoms with Crippen LogP contribution in [0.15, 0.2) is 28.8 Å². The van der Waals surface area contributed by atoms with Gasteiger partial charge in [-0.05, 0) is 51.5 Å². The normalized spacial score (nSPS) is 11.8. The third-order valence-corrected chi connectivity index (χ3v) is 2.78. The van der Waals surface area contributed by atoms with E-state index in [2.05, 4.69) is 31.1 Å². The second kappa shape index (κ2) is 5.13. The molecule has 0 aliphatic heterocycles. The van der Waals surface area contributed by atoms with E-state index in [1.54, 1.807) is 12.3 Å². The first kappa shape index (κ1) is 13.7. The molecule has 1 aromatic heterocycles. The standard InChI is InChI=1S/C15H19FN2O/c1-10-7-11(16)5-6-12(10)13-8-17-14(19-13)9-18-15(2,3)4/h5-8,18H,9H2,1-4H3. The number of nitrogens with one attached hydrogen (secondary N) is 1. The van der Waals surface area contributed by atoms with Crippen molar-refractivity contribution < 1.29 is 8.81 Å². The zero-order valence-electron chi connectivity index (χ0n) is 11.7. The Morgan fingerprint density at radius 3 is 2.68 bits per heavy atom. The van der Waals surface area contributed by atoms with Crippen molar-refractivity contribution in [1.29, 1.82) is 0 Å². The van der Waals surface area contributed by atoms with Crippen LogP contribution in [0.3, 0.4) is 0 Å². The highest BCUT2D eigenvalue weighted by atomic mass is 19.1. The van der Waals surface area contributed by atoms with Crippen molar-refractivity contribution >= 4 is 0 Å². The van der Waals surface area contributed by atoms with Crippen molar-refractivity contribution in [1.82, 2.24) is 10.3 Å². The van der Waals surface area contributed by atoms with Crippen LogP contribution in [0.2, 0.25) is 0 Å². The molecule has 0 saturated heterocycles. The molecule has 0 bridgehead atoms. The fourth-order valence-corrected chi connectivity index (χ4v) is 1.76. The lowest BCUT2D eigenvalue weighted by molar-refractivity contribution is 0.383. The summed E-state index contributed by atoms with van der Waals surface area (Å²) >= 11 is 0. The molecule has 102 valence electrons. The number of nitrogens with zero attached hydrogens (tertiary/aromatic N) is 1. The first-order valence-corrected chi connectivity index (χ1v) is 6.31. The molecule has 2 rings (SSSR count). The Kier molecular flexibility index (Phi) is 3.71. The van der Waals surface area contributed by atoms with Crippen LogP contribution in [-0.2, 0) is 6.54 Å². The van der Waals surface area contributed by atoms with Gasteiger partial charge in [-0.15, -0.1) is 0 Å². The van der Waals surface area contributed by atoms with Crippen LogP contribution in [0.4, 0.5) is 4.39 Å². The van der Waals surface area contributed by atoms with Gasteiger partial charge in [0, 0.05) is 11.1 Å². The number of hydrogen-bond donors (Lipinski definition) is 1. The Balaban J connectivity index is 2.16. The summed E-state index contributed by atoms with van der Waals surface area (Å²) in [5.74, 6) is 1.06. The fraction of sp³-hybridized carbons (Fsp3) is 0.400. The minimum absolute atomic E-state index is 0.0143. The first-order chi connectivity index (χ1) is 8.85. The molecule has 0 saturated carbocycles. The van der Waals surface area contributed by atoms with Crippen molar-refractivity contribution in [2.45, 2.75) is 39.8 Å². The predicted octanol–water partition coefficient (Wildman–Crippen LogP) is 3.68. The Morgan fingerprint density at radius 2 is 2.05 bits per heavy atom. The second-order valence-corrected chi connectivity index (χ2v) is 5.68. The molecule has 0 aliphatic carbocycles. The van der Waals surface area contributed by atoms with E-state index in [0.717, 1.165) is 11.1 Å². The lowest BCUT2D eigenvalue weighted by atomic mass is 10.1. The molecule has 1 heterocycles. The Bertz CT molecular complexity index is 570. The summed E-state index contributed by atoms with van der Waals surface area (Å²) in [6, 6.07) is 4.63. The van der Waals surface area contributed by atoms with Crippen LogP contribution in [0, 0.1) is 12.7 Å². The van der Waals surface area contributed by atoms with Gasteiger partial charge in [0.05, 0.1) is 12.7 Å². The maximum Gasteiger partial charge on any atom is 0.208 e. The van der Waals surface area contributed by atoms with Gasteiger partial charge in [0.15, 0.2) is 5.76 Å². The van der Waals surface area contributed by atoms with E-state index >= 15 is 0 Å². The number of aryl methyl sites for hydroxylation is 1. The third-order valence-electron chi connectivity index (χ3n) is 2.78. The monoisotopic (exact) mass is 262 g/mol. The molecular formula is C15H19FN2O. The van der Waals surface area contributed by atoms with Gasteiger partial charge in [-0.3, -0.25) is 0 Å². The fourth-order valence-electron chi connectivity index (χ4n) is 1.76. The van der Waals surface area contributed by atoms with Crippen LogP contribution < -0.4 is 5.32 Å². The number of hydrogen-bond acceptors (Lipinski definition) is 3. The van der Waals surface area contributed by atoms with Gasteiger partial charge in [0.2, 0.25) is 5.89 Å². The van der Waals surface area contributed by atoms with Crippen LogP contribution in [0.25, 0.3) is 11.3 Å². The zero-order chi connectivity index (χ0) is 14.0. The number of benzene rings is 1. The Labute approximate surface area is 112 Å². The van der Waals surface area contributed by atoms with E-state index < -0.39 is 0 Å². The van der Waals surface area contributed by atoms with Gasteiger partial charge in [-0.1, -0.05) is 0 Å². The molecule has 19 heavy (non-hydrogen) atoms. The lowest BCUT2D eigenvalue weighted by Gasteiger charge is -2.18. The molecule has 0 fully saturated rings.